The zero-order chi connectivity index (χ0) is 13.7. The molecule has 0 aliphatic carbocycles. The Labute approximate surface area is 117 Å². The summed E-state index contributed by atoms with van der Waals surface area (Å²) in [4.78, 5) is 11.2. The number of halogens is 1. The smallest absolute Gasteiger partial charge is 0.219 e. The van der Waals surface area contributed by atoms with Crippen molar-refractivity contribution < 1.29 is 4.79 Å². The van der Waals surface area contributed by atoms with Gasteiger partial charge in [0.2, 0.25) is 5.91 Å². The quantitative estimate of drug-likeness (QED) is 0.878. The summed E-state index contributed by atoms with van der Waals surface area (Å²) in [5.41, 5.74) is 7.24. The molecule has 2 rings (SSSR count). The summed E-state index contributed by atoms with van der Waals surface area (Å²) in [5.74, 6) is -0.338. The average Bonchev–Trinajstić information content (AvgIpc) is 2.41. The van der Waals surface area contributed by atoms with Crippen LogP contribution in [0, 0.1) is 0 Å². The lowest BCUT2D eigenvalue weighted by atomic mass is 10.0. The van der Waals surface area contributed by atoms with Gasteiger partial charge in [0.15, 0.2) is 0 Å². The first-order valence-corrected chi connectivity index (χ1v) is 6.38. The van der Waals surface area contributed by atoms with E-state index in [0.29, 0.717) is 5.02 Å². The van der Waals surface area contributed by atoms with Gasteiger partial charge < -0.3 is 11.1 Å². The summed E-state index contributed by atoms with van der Waals surface area (Å²) in [5, 5.41) is 3.97. The largest absolute Gasteiger partial charge is 0.378 e. The highest BCUT2D eigenvalue weighted by Gasteiger charge is 2.13. The minimum atomic E-state index is -0.338. The van der Waals surface area contributed by atoms with Crippen molar-refractivity contribution in [2.24, 2.45) is 5.73 Å². The van der Waals surface area contributed by atoms with E-state index in [1.165, 1.54) is 0 Å². The minimum absolute atomic E-state index is 0.139. The second-order valence-electron chi connectivity index (χ2n) is 4.28. The number of hydrogen-bond donors (Lipinski definition) is 2. The summed E-state index contributed by atoms with van der Waals surface area (Å²) >= 11 is 5.85. The SMILES string of the molecule is NC(=O)CC(Nc1ccc(Cl)cc1)c1ccccc1. The molecule has 1 atom stereocenters. The van der Waals surface area contributed by atoms with Gasteiger partial charge in [-0.1, -0.05) is 41.9 Å². The first-order valence-electron chi connectivity index (χ1n) is 6.00. The highest BCUT2D eigenvalue weighted by atomic mass is 35.5. The third-order valence-corrected chi connectivity index (χ3v) is 3.04. The van der Waals surface area contributed by atoms with Crippen molar-refractivity contribution in [3.05, 3.63) is 65.2 Å². The van der Waals surface area contributed by atoms with Crippen LogP contribution in [0.2, 0.25) is 5.02 Å². The molecule has 19 heavy (non-hydrogen) atoms. The van der Waals surface area contributed by atoms with Crippen LogP contribution in [-0.2, 0) is 4.79 Å². The van der Waals surface area contributed by atoms with Crippen molar-refractivity contribution in [3.63, 3.8) is 0 Å². The van der Waals surface area contributed by atoms with Gasteiger partial charge in [0, 0.05) is 10.7 Å². The van der Waals surface area contributed by atoms with Gasteiger partial charge in [-0.15, -0.1) is 0 Å². The third-order valence-electron chi connectivity index (χ3n) is 2.79. The number of nitrogens with one attached hydrogen (secondary N) is 1. The van der Waals surface area contributed by atoms with E-state index >= 15 is 0 Å². The molecule has 98 valence electrons. The van der Waals surface area contributed by atoms with E-state index < -0.39 is 0 Å². The van der Waals surface area contributed by atoms with Crippen LogP contribution in [0.3, 0.4) is 0 Å². The molecule has 2 aromatic rings. The fourth-order valence-corrected chi connectivity index (χ4v) is 2.01. The van der Waals surface area contributed by atoms with Gasteiger partial charge in [0.25, 0.3) is 0 Å². The van der Waals surface area contributed by atoms with Gasteiger partial charge in [0.05, 0.1) is 12.5 Å². The Kier molecular flexibility index (Phi) is 4.42. The number of rotatable bonds is 5. The fourth-order valence-electron chi connectivity index (χ4n) is 1.89. The van der Waals surface area contributed by atoms with Crippen molar-refractivity contribution in [3.8, 4) is 0 Å². The predicted molar refractivity (Wildman–Crippen MR) is 78.1 cm³/mol. The molecule has 3 N–H and O–H groups in total. The number of benzene rings is 2. The Hall–Kier alpha value is -2.00. The lowest BCUT2D eigenvalue weighted by Crippen LogP contribution is -2.20. The van der Waals surface area contributed by atoms with Crippen molar-refractivity contribution >= 4 is 23.2 Å². The summed E-state index contributed by atoms with van der Waals surface area (Å²) in [7, 11) is 0. The van der Waals surface area contributed by atoms with Crippen LogP contribution in [0.25, 0.3) is 0 Å². The molecular formula is C15H15ClN2O. The average molecular weight is 275 g/mol. The van der Waals surface area contributed by atoms with E-state index in [1.54, 1.807) is 12.1 Å². The normalized spacial score (nSPS) is 11.8. The molecule has 0 fully saturated rings. The van der Waals surface area contributed by atoms with Gasteiger partial charge >= 0.3 is 0 Å². The van der Waals surface area contributed by atoms with Gasteiger partial charge in [-0.2, -0.15) is 0 Å². The summed E-state index contributed by atoms with van der Waals surface area (Å²) < 4.78 is 0. The third kappa shape index (κ3) is 4.00. The lowest BCUT2D eigenvalue weighted by molar-refractivity contribution is -0.118. The zero-order valence-electron chi connectivity index (χ0n) is 10.3. The van der Waals surface area contributed by atoms with Crippen molar-refractivity contribution in [2.75, 3.05) is 5.32 Å². The first-order chi connectivity index (χ1) is 9.15. The lowest BCUT2D eigenvalue weighted by Gasteiger charge is -2.19. The number of amides is 1. The second kappa shape index (κ2) is 6.25. The molecule has 0 saturated heterocycles. The van der Waals surface area contributed by atoms with Crippen molar-refractivity contribution in [2.45, 2.75) is 12.5 Å². The minimum Gasteiger partial charge on any atom is -0.378 e. The Balaban J connectivity index is 2.19. The van der Waals surface area contributed by atoms with E-state index in [2.05, 4.69) is 5.32 Å². The molecule has 0 bridgehead atoms. The first kappa shape index (κ1) is 13.4. The van der Waals surface area contributed by atoms with E-state index in [0.717, 1.165) is 11.3 Å². The number of hydrogen-bond acceptors (Lipinski definition) is 2. The Morgan fingerprint density at radius 1 is 1.11 bits per heavy atom. The summed E-state index contributed by atoms with van der Waals surface area (Å²) in [6.45, 7) is 0. The number of anilines is 1. The molecule has 3 nitrogen and oxygen atoms in total. The molecule has 0 aromatic heterocycles. The number of primary amides is 1. The molecule has 1 unspecified atom stereocenters. The van der Waals surface area contributed by atoms with E-state index in [-0.39, 0.29) is 18.4 Å². The highest BCUT2D eigenvalue weighted by molar-refractivity contribution is 6.30. The molecule has 1 amide bonds. The van der Waals surface area contributed by atoms with Crippen LogP contribution in [0.15, 0.2) is 54.6 Å². The van der Waals surface area contributed by atoms with E-state index in [9.17, 15) is 4.79 Å². The number of nitrogens with two attached hydrogens (primary N) is 1. The van der Waals surface area contributed by atoms with E-state index in [4.69, 9.17) is 17.3 Å². The Bertz CT molecular complexity index is 540. The molecule has 0 heterocycles. The van der Waals surface area contributed by atoms with Crippen molar-refractivity contribution in [1.82, 2.24) is 0 Å². The molecular weight excluding hydrogens is 260 g/mol. The van der Waals surface area contributed by atoms with Crippen LogP contribution >= 0.6 is 11.6 Å². The van der Waals surface area contributed by atoms with Gasteiger partial charge in [-0.05, 0) is 29.8 Å². The topological polar surface area (TPSA) is 55.1 Å². The van der Waals surface area contributed by atoms with Crippen molar-refractivity contribution in [1.29, 1.82) is 0 Å². The van der Waals surface area contributed by atoms with Crippen LogP contribution < -0.4 is 11.1 Å². The monoisotopic (exact) mass is 274 g/mol. The van der Waals surface area contributed by atoms with Crippen LogP contribution in [0.4, 0.5) is 5.69 Å². The second-order valence-corrected chi connectivity index (χ2v) is 4.72. The summed E-state index contributed by atoms with van der Waals surface area (Å²) in [6, 6.07) is 17.0. The van der Waals surface area contributed by atoms with Gasteiger partial charge in [-0.3, -0.25) is 4.79 Å². The molecule has 0 spiro atoms. The number of carbonyl (C=O) groups excluding carboxylic acids is 1. The van der Waals surface area contributed by atoms with Crippen LogP contribution in [0.1, 0.15) is 18.0 Å². The van der Waals surface area contributed by atoms with E-state index in [1.807, 2.05) is 42.5 Å². The zero-order valence-corrected chi connectivity index (χ0v) is 11.1. The van der Waals surface area contributed by atoms with Crippen LogP contribution in [0.5, 0.6) is 0 Å². The maximum absolute atomic E-state index is 11.2. The molecule has 4 heteroatoms. The number of carbonyl (C=O) groups is 1. The Morgan fingerprint density at radius 3 is 2.32 bits per heavy atom. The van der Waals surface area contributed by atoms with Gasteiger partial charge in [0.1, 0.15) is 0 Å². The molecule has 0 aliphatic rings. The fraction of sp³-hybridized carbons (Fsp3) is 0.133. The Morgan fingerprint density at radius 2 is 1.74 bits per heavy atom. The summed E-state index contributed by atoms with van der Waals surface area (Å²) in [6.07, 6.45) is 0.243. The molecule has 0 aliphatic heterocycles. The van der Waals surface area contributed by atoms with Gasteiger partial charge in [-0.25, -0.2) is 0 Å². The molecule has 0 radical (unpaired) electrons. The maximum Gasteiger partial charge on any atom is 0.219 e. The molecule has 2 aromatic carbocycles. The highest BCUT2D eigenvalue weighted by Crippen LogP contribution is 2.23. The molecule has 0 saturated carbocycles. The predicted octanol–water partition coefficient (Wildman–Crippen LogP) is 3.37. The van der Waals surface area contributed by atoms with Crippen LogP contribution in [-0.4, -0.2) is 5.91 Å². The maximum atomic E-state index is 11.2. The standard InChI is InChI=1S/C15H15ClN2O/c16-12-6-8-13(9-7-12)18-14(10-15(17)19)11-4-2-1-3-5-11/h1-9,14,18H,10H2,(H2,17,19).